The molecule has 0 bridgehead atoms. The first-order chi connectivity index (χ1) is 10.8. The van der Waals surface area contributed by atoms with E-state index in [2.05, 4.69) is 11.6 Å². The van der Waals surface area contributed by atoms with Crippen molar-refractivity contribution in [2.45, 2.75) is 38.7 Å². The summed E-state index contributed by atoms with van der Waals surface area (Å²) in [5, 5.41) is 0. The van der Waals surface area contributed by atoms with E-state index in [1.165, 1.54) is 26.4 Å². The Labute approximate surface area is 132 Å². The molecule has 22 heavy (non-hydrogen) atoms. The van der Waals surface area contributed by atoms with Crippen LogP contribution in [0.1, 0.15) is 37.7 Å². The average Bonchev–Trinajstić information content (AvgIpc) is 2.58. The molecule has 1 N–H and O–H groups in total. The molecule has 0 spiro atoms. The number of allylic oxidation sites excluding steroid dienone is 1. The smallest absolute Gasteiger partial charge is 0.334 e. The van der Waals surface area contributed by atoms with Gasteiger partial charge in [0.2, 0.25) is 0 Å². The highest BCUT2D eigenvalue weighted by atomic mass is 16.6. The third-order valence-corrected chi connectivity index (χ3v) is 3.98. The van der Waals surface area contributed by atoms with Crippen LogP contribution in [0.15, 0.2) is 42.0 Å². The molecule has 2 rings (SSSR count). The van der Waals surface area contributed by atoms with Gasteiger partial charge >= 0.3 is 5.97 Å². The first-order valence-corrected chi connectivity index (χ1v) is 7.97. The lowest BCUT2D eigenvalue weighted by atomic mass is 9.88. The molecule has 120 valence electrons. The summed E-state index contributed by atoms with van der Waals surface area (Å²) in [5.74, 6) is 0.208. The van der Waals surface area contributed by atoms with Gasteiger partial charge in [-0.15, -0.1) is 0 Å². The van der Waals surface area contributed by atoms with Crippen molar-refractivity contribution in [2.24, 2.45) is 5.92 Å². The summed E-state index contributed by atoms with van der Waals surface area (Å²) in [7, 11) is 1.42. The normalized spacial score (nSPS) is 16.5. The highest BCUT2D eigenvalue weighted by Crippen LogP contribution is 2.25. The SMILES string of the molecule is COC(=O)C(=CC1CCCCC1)CNOCc1ccccc1. The van der Waals surface area contributed by atoms with E-state index in [9.17, 15) is 4.79 Å². The lowest BCUT2D eigenvalue weighted by Gasteiger charge is -2.19. The first-order valence-electron chi connectivity index (χ1n) is 7.97. The van der Waals surface area contributed by atoms with E-state index < -0.39 is 0 Å². The van der Waals surface area contributed by atoms with Crippen LogP contribution in [0.5, 0.6) is 0 Å². The van der Waals surface area contributed by atoms with Gasteiger partial charge in [-0.3, -0.25) is 4.84 Å². The molecule has 0 aromatic heterocycles. The molecule has 1 aliphatic rings. The van der Waals surface area contributed by atoms with Crippen LogP contribution < -0.4 is 5.48 Å². The predicted molar refractivity (Wildman–Crippen MR) is 85.9 cm³/mol. The summed E-state index contributed by atoms with van der Waals surface area (Å²) in [5.41, 5.74) is 4.61. The Kier molecular flexibility index (Phi) is 7.13. The van der Waals surface area contributed by atoms with Gasteiger partial charge in [-0.05, 0) is 24.3 Å². The molecule has 1 saturated carbocycles. The number of hydrogen-bond acceptors (Lipinski definition) is 4. The van der Waals surface area contributed by atoms with Gasteiger partial charge in [0.25, 0.3) is 0 Å². The Morgan fingerprint density at radius 2 is 1.95 bits per heavy atom. The minimum atomic E-state index is -0.276. The van der Waals surface area contributed by atoms with Crippen molar-refractivity contribution in [3.05, 3.63) is 47.5 Å². The van der Waals surface area contributed by atoms with Crippen molar-refractivity contribution >= 4 is 5.97 Å². The van der Waals surface area contributed by atoms with E-state index in [-0.39, 0.29) is 5.97 Å². The number of benzene rings is 1. The molecule has 1 fully saturated rings. The van der Waals surface area contributed by atoms with Crippen molar-refractivity contribution in [3.8, 4) is 0 Å². The minimum Gasteiger partial charge on any atom is -0.466 e. The Morgan fingerprint density at radius 3 is 2.64 bits per heavy atom. The second-order valence-electron chi connectivity index (χ2n) is 5.68. The van der Waals surface area contributed by atoms with Gasteiger partial charge in [0.05, 0.1) is 20.3 Å². The Hall–Kier alpha value is -1.65. The fourth-order valence-corrected chi connectivity index (χ4v) is 2.75. The van der Waals surface area contributed by atoms with E-state index in [1.807, 2.05) is 30.3 Å². The van der Waals surface area contributed by atoms with Crippen molar-refractivity contribution in [1.82, 2.24) is 5.48 Å². The van der Waals surface area contributed by atoms with E-state index in [0.717, 1.165) is 18.4 Å². The van der Waals surface area contributed by atoms with E-state index in [4.69, 9.17) is 9.57 Å². The lowest BCUT2D eigenvalue weighted by Crippen LogP contribution is -2.23. The van der Waals surface area contributed by atoms with Crippen molar-refractivity contribution < 1.29 is 14.4 Å². The zero-order valence-electron chi connectivity index (χ0n) is 13.2. The average molecular weight is 303 g/mol. The maximum Gasteiger partial charge on any atom is 0.334 e. The number of carbonyl (C=O) groups excluding carboxylic acids is 1. The van der Waals surface area contributed by atoms with Crippen molar-refractivity contribution in [3.63, 3.8) is 0 Å². The van der Waals surface area contributed by atoms with Gasteiger partial charge in [0.1, 0.15) is 0 Å². The molecule has 0 heterocycles. The number of hydrogen-bond donors (Lipinski definition) is 1. The predicted octanol–water partition coefficient (Wildman–Crippen LogP) is 3.39. The van der Waals surface area contributed by atoms with Gasteiger partial charge in [-0.1, -0.05) is 55.7 Å². The largest absolute Gasteiger partial charge is 0.466 e. The number of carbonyl (C=O) groups is 1. The van der Waals surface area contributed by atoms with Gasteiger partial charge in [-0.25, -0.2) is 4.79 Å². The Morgan fingerprint density at radius 1 is 1.23 bits per heavy atom. The molecular weight excluding hydrogens is 278 g/mol. The number of hydroxylamine groups is 1. The summed E-state index contributed by atoms with van der Waals surface area (Å²) >= 11 is 0. The van der Waals surface area contributed by atoms with E-state index in [1.54, 1.807) is 0 Å². The molecule has 0 atom stereocenters. The Bertz CT molecular complexity index is 478. The monoisotopic (exact) mass is 303 g/mol. The fraction of sp³-hybridized carbons (Fsp3) is 0.500. The first kappa shape index (κ1) is 16.7. The van der Waals surface area contributed by atoms with Crippen molar-refractivity contribution in [1.29, 1.82) is 0 Å². The maximum absolute atomic E-state index is 11.9. The third kappa shape index (κ3) is 5.62. The van der Waals surface area contributed by atoms with Gasteiger partial charge < -0.3 is 4.74 Å². The van der Waals surface area contributed by atoms with Crippen LogP contribution >= 0.6 is 0 Å². The molecular formula is C18H25NO3. The number of ether oxygens (including phenoxy) is 1. The maximum atomic E-state index is 11.9. The highest BCUT2D eigenvalue weighted by Gasteiger charge is 2.16. The zero-order chi connectivity index (χ0) is 15.6. The fourth-order valence-electron chi connectivity index (χ4n) is 2.75. The molecule has 4 heteroatoms. The number of rotatable bonds is 7. The molecule has 0 unspecified atom stereocenters. The molecule has 0 radical (unpaired) electrons. The van der Waals surface area contributed by atoms with Crippen LogP contribution in [0.25, 0.3) is 0 Å². The standard InChI is InChI=1S/C18H25NO3/c1-21-18(20)17(12-15-8-4-2-5-9-15)13-19-22-14-16-10-6-3-7-11-16/h3,6-7,10-12,15,19H,2,4-5,8-9,13-14H2,1H3. The van der Waals surface area contributed by atoms with Crippen LogP contribution in [0.3, 0.4) is 0 Å². The van der Waals surface area contributed by atoms with Crippen LogP contribution in [0.2, 0.25) is 0 Å². The van der Waals surface area contributed by atoms with Crippen molar-refractivity contribution in [2.75, 3.05) is 13.7 Å². The highest BCUT2D eigenvalue weighted by molar-refractivity contribution is 5.88. The van der Waals surface area contributed by atoms with Crippen LogP contribution in [-0.4, -0.2) is 19.6 Å². The summed E-state index contributed by atoms with van der Waals surface area (Å²) in [6.45, 7) is 0.842. The quantitative estimate of drug-likeness (QED) is 0.363. The van der Waals surface area contributed by atoms with E-state index >= 15 is 0 Å². The molecule has 0 aliphatic heterocycles. The molecule has 1 aromatic rings. The number of nitrogens with one attached hydrogen (secondary N) is 1. The Balaban J connectivity index is 1.81. The molecule has 4 nitrogen and oxygen atoms in total. The lowest BCUT2D eigenvalue weighted by molar-refractivity contribution is -0.136. The summed E-state index contributed by atoms with van der Waals surface area (Å²) in [4.78, 5) is 17.3. The zero-order valence-corrected chi connectivity index (χ0v) is 13.2. The third-order valence-electron chi connectivity index (χ3n) is 3.98. The molecule has 0 saturated heterocycles. The number of methoxy groups -OCH3 is 1. The van der Waals surface area contributed by atoms with Gasteiger partial charge in [-0.2, -0.15) is 5.48 Å². The second-order valence-corrected chi connectivity index (χ2v) is 5.68. The molecule has 0 amide bonds. The molecule has 1 aliphatic carbocycles. The van der Waals surface area contributed by atoms with E-state index in [0.29, 0.717) is 24.6 Å². The summed E-state index contributed by atoms with van der Waals surface area (Å²) < 4.78 is 4.87. The summed E-state index contributed by atoms with van der Waals surface area (Å²) in [6, 6.07) is 9.92. The van der Waals surface area contributed by atoms with Gasteiger partial charge in [0, 0.05) is 5.57 Å². The second kappa shape index (κ2) is 9.38. The molecule has 1 aromatic carbocycles. The number of esters is 1. The van der Waals surface area contributed by atoms with Crippen LogP contribution in [0.4, 0.5) is 0 Å². The summed E-state index contributed by atoms with van der Waals surface area (Å²) in [6.07, 6.45) is 8.16. The van der Waals surface area contributed by atoms with Gasteiger partial charge in [0.15, 0.2) is 0 Å². The van der Waals surface area contributed by atoms with Crippen LogP contribution in [-0.2, 0) is 21.0 Å². The topological polar surface area (TPSA) is 47.6 Å². The van der Waals surface area contributed by atoms with Crippen LogP contribution in [0, 0.1) is 5.92 Å². The minimum absolute atomic E-state index is 0.276.